The summed E-state index contributed by atoms with van der Waals surface area (Å²) in [6, 6.07) is 6.16. The van der Waals surface area contributed by atoms with Gasteiger partial charge in [0.1, 0.15) is 12.1 Å². The van der Waals surface area contributed by atoms with Crippen molar-refractivity contribution in [3.8, 4) is 0 Å². The summed E-state index contributed by atoms with van der Waals surface area (Å²) in [5.74, 6) is 1.62. The SMILES string of the molecule is Brc1ccc2ncnc(N3CCC(OCC4CCOC4)CC3)c2c1. The third-order valence-electron chi connectivity index (χ3n) is 4.91. The van der Waals surface area contributed by atoms with Crippen LogP contribution in [-0.2, 0) is 9.47 Å². The van der Waals surface area contributed by atoms with Crippen LogP contribution in [0.3, 0.4) is 0 Å². The predicted octanol–water partition coefficient (Wildman–Crippen LogP) is 3.41. The summed E-state index contributed by atoms with van der Waals surface area (Å²) in [5.41, 5.74) is 0.989. The van der Waals surface area contributed by atoms with Crippen molar-refractivity contribution in [1.82, 2.24) is 9.97 Å². The number of rotatable bonds is 4. The van der Waals surface area contributed by atoms with Crippen molar-refractivity contribution < 1.29 is 9.47 Å². The molecular weight excluding hydrogens is 370 g/mol. The molecule has 24 heavy (non-hydrogen) atoms. The number of nitrogens with zero attached hydrogens (tertiary/aromatic N) is 3. The van der Waals surface area contributed by atoms with Crippen molar-refractivity contribution in [3.05, 3.63) is 29.0 Å². The van der Waals surface area contributed by atoms with Crippen LogP contribution in [0.25, 0.3) is 10.9 Å². The molecule has 1 aromatic heterocycles. The fourth-order valence-corrected chi connectivity index (χ4v) is 3.85. The Labute approximate surface area is 150 Å². The highest BCUT2D eigenvalue weighted by Gasteiger charge is 2.24. The maximum absolute atomic E-state index is 6.11. The van der Waals surface area contributed by atoms with Gasteiger partial charge < -0.3 is 14.4 Å². The van der Waals surface area contributed by atoms with Crippen LogP contribution in [0.2, 0.25) is 0 Å². The van der Waals surface area contributed by atoms with Crippen LogP contribution in [0, 0.1) is 5.92 Å². The predicted molar refractivity (Wildman–Crippen MR) is 97.4 cm³/mol. The van der Waals surface area contributed by atoms with Crippen LogP contribution in [-0.4, -0.2) is 49.0 Å². The van der Waals surface area contributed by atoms with Gasteiger partial charge in [-0.25, -0.2) is 9.97 Å². The highest BCUT2D eigenvalue weighted by molar-refractivity contribution is 9.10. The average molecular weight is 392 g/mol. The number of anilines is 1. The first-order valence-corrected chi connectivity index (χ1v) is 9.43. The molecule has 6 heteroatoms. The number of ether oxygens (including phenoxy) is 2. The van der Waals surface area contributed by atoms with Crippen LogP contribution in [0.5, 0.6) is 0 Å². The topological polar surface area (TPSA) is 47.5 Å². The molecule has 0 spiro atoms. The molecule has 2 aromatic rings. The van der Waals surface area contributed by atoms with Gasteiger partial charge in [-0.15, -0.1) is 0 Å². The second-order valence-electron chi connectivity index (χ2n) is 6.61. The van der Waals surface area contributed by atoms with E-state index in [1.807, 2.05) is 12.1 Å². The molecule has 4 rings (SSSR count). The van der Waals surface area contributed by atoms with Crippen molar-refractivity contribution in [2.24, 2.45) is 5.92 Å². The van der Waals surface area contributed by atoms with Gasteiger partial charge in [0.05, 0.1) is 24.8 Å². The standard InChI is InChI=1S/C18H22BrN3O2/c19-14-1-2-17-16(9-14)18(21-12-20-17)22-6-3-15(4-7-22)24-11-13-5-8-23-10-13/h1-2,9,12-13,15H,3-8,10-11H2. The van der Waals surface area contributed by atoms with E-state index in [0.717, 1.165) is 73.4 Å². The first-order valence-electron chi connectivity index (χ1n) is 8.64. The molecule has 0 saturated carbocycles. The number of hydrogen-bond acceptors (Lipinski definition) is 5. The highest BCUT2D eigenvalue weighted by atomic mass is 79.9. The molecule has 2 fully saturated rings. The molecule has 2 aliphatic heterocycles. The molecule has 1 atom stereocenters. The molecule has 1 unspecified atom stereocenters. The van der Waals surface area contributed by atoms with E-state index < -0.39 is 0 Å². The number of fused-ring (bicyclic) bond motifs is 1. The summed E-state index contributed by atoms with van der Waals surface area (Å²) in [5, 5.41) is 1.11. The van der Waals surface area contributed by atoms with Gasteiger partial charge in [0, 0.05) is 35.5 Å². The van der Waals surface area contributed by atoms with Crippen molar-refractivity contribution in [2.75, 3.05) is 37.8 Å². The van der Waals surface area contributed by atoms with E-state index in [9.17, 15) is 0 Å². The Balaban J connectivity index is 1.39. The minimum Gasteiger partial charge on any atom is -0.381 e. The molecule has 128 valence electrons. The molecule has 1 aromatic carbocycles. The first kappa shape index (κ1) is 16.2. The zero-order valence-electron chi connectivity index (χ0n) is 13.7. The maximum Gasteiger partial charge on any atom is 0.139 e. The van der Waals surface area contributed by atoms with Gasteiger partial charge in [0.15, 0.2) is 0 Å². The second-order valence-corrected chi connectivity index (χ2v) is 7.52. The minimum atomic E-state index is 0.363. The lowest BCUT2D eigenvalue weighted by Gasteiger charge is -2.33. The number of piperidine rings is 1. The van der Waals surface area contributed by atoms with E-state index in [2.05, 4.69) is 36.9 Å². The van der Waals surface area contributed by atoms with Gasteiger partial charge in [0.2, 0.25) is 0 Å². The summed E-state index contributed by atoms with van der Waals surface area (Å²) in [4.78, 5) is 11.3. The Kier molecular flexibility index (Phi) is 4.96. The lowest BCUT2D eigenvalue weighted by Crippen LogP contribution is -2.38. The molecule has 0 bridgehead atoms. The third-order valence-corrected chi connectivity index (χ3v) is 5.40. The zero-order chi connectivity index (χ0) is 16.4. The van der Waals surface area contributed by atoms with E-state index in [4.69, 9.17) is 9.47 Å². The number of aromatic nitrogens is 2. The van der Waals surface area contributed by atoms with E-state index >= 15 is 0 Å². The van der Waals surface area contributed by atoms with Crippen molar-refractivity contribution in [1.29, 1.82) is 0 Å². The minimum absolute atomic E-state index is 0.363. The van der Waals surface area contributed by atoms with Gasteiger partial charge in [-0.1, -0.05) is 15.9 Å². The molecular formula is C18H22BrN3O2. The molecule has 5 nitrogen and oxygen atoms in total. The number of hydrogen-bond donors (Lipinski definition) is 0. The van der Waals surface area contributed by atoms with Crippen LogP contribution >= 0.6 is 15.9 Å². The van der Waals surface area contributed by atoms with E-state index in [0.29, 0.717) is 12.0 Å². The summed E-state index contributed by atoms with van der Waals surface area (Å²) >= 11 is 3.55. The Hall–Kier alpha value is -1.24. The third kappa shape index (κ3) is 3.55. The van der Waals surface area contributed by atoms with Crippen molar-refractivity contribution in [3.63, 3.8) is 0 Å². The lowest BCUT2D eigenvalue weighted by atomic mass is 10.1. The number of halogens is 1. The molecule has 0 radical (unpaired) electrons. The average Bonchev–Trinajstić information content (AvgIpc) is 3.13. The van der Waals surface area contributed by atoms with Gasteiger partial charge in [-0.3, -0.25) is 0 Å². The van der Waals surface area contributed by atoms with E-state index in [1.54, 1.807) is 6.33 Å². The summed E-state index contributed by atoms with van der Waals surface area (Å²) < 4.78 is 12.6. The molecule has 3 heterocycles. The monoisotopic (exact) mass is 391 g/mol. The van der Waals surface area contributed by atoms with Gasteiger partial charge in [0.25, 0.3) is 0 Å². The number of benzene rings is 1. The smallest absolute Gasteiger partial charge is 0.139 e. The first-order chi connectivity index (χ1) is 11.8. The molecule has 0 aliphatic carbocycles. The fraction of sp³-hybridized carbons (Fsp3) is 0.556. The quantitative estimate of drug-likeness (QED) is 0.798. The van der Waals surface area contributed by atoms with Crippen LogP contribution in [0.4, 0.5) is 5.82 Å². The van der Waals surface area contributed by atoms with E-state index in [-0.39, 0.29) is 0 Å². The summed E-state index contributed by atoms with van der Waals surface area (Å²) in [6.45, 7) is 4.55. The van der Waals surface area contributed by atoms with Crippen LogP contribution in [0.15, 0.2) is 29.0 Å². The van der Waals surface area contributed by atoms with Crippen molar-refractivity contribution in [2.45, 2.75) is 25.4 Å². The van der Waals surface area contributed by atoms with Crippen molar-refractivity contribution >= 4 is 32.7 Å². The molecule has 2 saturated heterocycles. The Morgan fingerprint density at radius 3 is 2.88 bits per heavy atom. The molecule has 0 amide bonds. The van der Waals surface area contributed by atoms with Crippen LogP contribution in [0.1, 0.15) is 19.3 Å². The van der Waals surface area contributed by atoms with Gasteiger partial charge in [-0.05, 0) is 37.5 Å². The summed E-state index contributed by atoms with van der Waals surface area (Å²) in [7, 11) is 0. The van der Waals surface area contributed by atoms with Crippen LogP contribution < -0.4 is 4.90 Å². The Morgan fingerprint density at radius 2 is 2.08 bits per heavy atom. The van der Waals surface area contributed by atoms with E-state index in [1.165, 1.54) is 0 Å². The lowest BCUT2D eigenvalue weighted by molar-refractivity contribution is 0.0131. The highest BCUT2D eigenvalue weighted by Crippen LogP contribution is 2.28. The zero-order valence-corrected chi connectivity index (χ0v) is 15.2. The van der Waals surface area contributed by atoms with Gasteiger partial charge in [-0.2, -0.15) is 0 Å². The normalized spacial score (nSPS) is 22.4. The molecule has 0 N–H and O–H groups in total. The summed E-state index contributed by atoms with van der Waals surface area (Å²) in [6.07, 6.45) is 5.26. The largest absolute Gasteiger partial charge is 0.381 e. The fourth-order valence-electron chi connectivity index (χ4n) is 3.49. The second kappa shape index (κ2) is 7.33. The molecule has 2 aliphatic rings. The maximum atomic E-state index is 6.11. The van der Waals surface area contributed by atoms with Gasteiger partial charge >= 0.3 is 0 Å². The Bertz CT molecular complexity index is 698. The Morgan fingerprint density at radius 1 is 1.21 bits per heavy atom.